The highest BCUT2D eigenvalue weighted by molar-refractivity contribution is 6.24. The summed E-state index contributed by atoms with van der Waals surface area (Å²) in [7, 11) is 0. The number of hydroxylamine groups is 1. The molecule has 150 valence electrons. The molecule has 0 bridgehead atoms. The molecule has 0 N–H and O–H groups in total. The van der Waals surface area contributed by atoms with Gasteiger partial charge in [-0.25, -0.2) is 9.96 Å². The van der Waals surface area contributed by atoms with Crippen molar-refractivity contribution in [3.8, 4) is 0 Å². The number of fused-ring (bicyclic) bond motifs is 1. The number of para-hydroxylation sites is 2. The number of carbonyl (C=O) groups excluding carboxylic acids is 2. The van der Waals surface area contributed by atoms with Crippen LogP contribution in [0.4, 0.5) is 11.4 Å². The number of aryl methyl sites for hydroxylation is 2. The summed E-state index contributed by atoms with van der Waals surface area (Å²) >= 11 is 0. The van der Waals surface area contributed by atoms with Gasteiger partial charge in [0.15, 0.2) is 6.10 Å². The molecule has 0 spiro atoms. The second-order valence-corrected chi connectivity index (χ2v) is 7.81. The first-order chi connectivity index (χ1) is 14.6. The zero-order valence-electron chi connectivity index (χ0n) is 16.9. The lowest BCUT2D eigenvalue weighted by Gasteiger charge is -2.29. The molecule has 30 heavy (non-hydrogen) atoms. The molecule has 2 aliphatic heterocycles. The summed E-state index contributed by atoms with van der Waals surface area (Å²) in [5, 5.41) is 1.74. The molecule has 2 heterocycles. The molecule has 2 amide bonds. The minimum absolute atomic E-state index is 0.217. The molecule has 5 rings (SSSR count). The molecule has 0 radical (unpaired) electrons. The van der Waals surface area contributed by atoms with Gasteiger partial charge < -0.3 is 0 Å². The molecule has 5 heteroatoms. The van der Waals surface area contributed by atoms with E-state index in [0.717, 1.165) is 22.4 Å². The summed E-state index contributed by atoms with van der Waals surface area (Å²) in [6.45, 7) is 3.92. The van der Waals surface area contributed by atoms with Gasteiger partial charge >= 0.3 is 0 Å². The predicted octanol–water partition coefficient (Wildman–Crippen LogP) is 4.35. The highest BCUT2D eigenvalue weighted by Gasteiger charge is 2.60. The van der Waals surface area contributed by atoms with E-state index in [1.54, 1.807) is 5.06 Å². The van der Waals surface area contributed by atoms with Crippen molar-refractivity contribution in [2.45, 2.75) is 26.0 Å². The Bertz CT molecular complexity index is 1130. The van der Waals surface area contributed by atoms with Crippen LogP contribution in [0.1, 0.15) is 22.7 Å². The molecule has 3 aromatic rings. The Kier molecular flexibility index (Phi) is 4.40. The van der Waals surface area contributed by atoms with Gasteiger partial charge in [0.2, 0.25) is 5.91 Å². The van der Waals surface area contributed by atoms with E-state index in [0.29, 0.717) is 5.69 Å². The predicted molar refractivity (Wildman–Crippen MR) is 115 cm³/mol. The molecule has 2 fully saturated rings. The molecule has 0 unspecified atom stereocenters. The third-order valence-corrected chi connectivity index (χ3v) is 5.99. The number of imide groups is 1. The highest BCUT2D eigenvalue weighted by Crippen LogP contribution is 2.48. The van der Waals surface area contributed by atoms with Crippen molar-refractivity contribution in [2.24, 2.45) is 5.92 Å². The van der Waals surface area contributed by atoms with E-state index < -0.39 is 12.0 Å². The number of anilines is 2. The summed E-state index contributed by atoms with van der Waals surface area (Å²) in [5.74, 6) is -1.14. The number of carbonyl (C=O) groups is 2. The number of amides is 2. The van der Waals surface area contributed by atoms with Crippen LogP contribution >= 0.6 is 0 Å². The molecular weight excluding hydrogens is 376 g/mol. The Morgan fingerprint density at radius 3 is 2.07 bits per heavy atom. The molecule has 2 aliphatic rings. The van der Waals surface area contributed by atoms with E-state index in [-0.39, 0.29) is 17.9 Å². The topological polar surface area (TPSA) is 49.9 Å². The quantitative estimate of drug-likeness (QED) is 0.616. The lowest BCUT2D eigenvalue weighted by Crippen LogP contribution is -2.37. The summed E-state index contributed by atoms with van der Waals surface area (Å²) in [4.78, 5) is 34.5. The summed E-state index contributed by atoms with van der Waals surface area (Å²) < 4.78 is 0. The summed E-state index contributed by atoms with van der Waals surface area (Å²) in [5.41, 5.74) is 4.37. The van der Waals surface area contributed by atoms with Crippen LogP contribution in [0.5, 0.6) is 0 Å². The average Bonchev–Trinajstić information content (AvgIpc) is 3.26. The van der Waals surface area contributed by atoms with E-state index in [9.17, 15) is 9.59 Å². The Morgan fingerprint density at radius 1 is 0.733 bits per heavy atom. The Morgan fingerprint density at radius 2 is 1.37 bits per heavy atom. The maximum atomic E-state index is 13.6. The van der Waals surface area contributed by atoms with Crippen molar-refractivity contribution in [3.05, 3.63) is 95.6 Å². The average molecular weight is 398 g/mol. The Balaban J connectivity index is 1.62. The highest BCUT2D eigenvalue weighted by atomic mass is 16.7. The molecule has 2 saturated heterocycles. The lowest BCUT2D eigenvalue weighted by molar-refractivity contribution is -0.126. The van der Waals surface area contributed by atoms with Crippen molar-refractivity contribution in [3.63, 3.8) is 0 Å². The van der Waals surface area contributed by atoms with Crippen LogP contribution in [0.15, 0.2) is 78.9 Å². The van der Waals surface area contributed by atoms with Crippen LogP contribution in [0.2, 0.25) is 0 Å². The van der Waals surface area contributed by atoms with Gasteiger partial charge in [-0.3, -0.25) is 14.4 Å². The lowest BCUT2D eigenvalue weighted by atomic mass is 9.88. The largest absolute Gasteiger partial charge is 0.273 e. The van der Waals surface area contributed by atoms with Gasteiger partial charge in [-0.05, 0) is 48.7 Å². The third kappa shape index (κ3) is 2.74. The normalized spacial score (nSPS) is 23.2. The zero-order valence-corrected chi connectivity index (χ0v) is 16.9. The number of hydrogen-bond donors (Lipinski definition) is 0. The minimum atomic E-state index is -0.845. The fourth-order valence-corrected chi connectivity index (χ4v) is 4.50. The van der Waals surface area contributed by atoms with Crippen LogP contribution in [0, 0.1) is 19.8 Å². The minimum Gasteiger partial charge on any atom is -0.273 e. The van der Waals surface area contributed by atoms with E-state index >= 15 is 0 Å². The van der Waals surface area contributed by atoms with Crippen LogP contribution in [0.3, 0.4) is 0 Å². The molecule has 5 nitrogen and oxygen atoms in total. The van der Waals surface area contributed by atoms with Gasteiger partial charge in [0.05, 0.1) is 17.4 Å². The van der Waals surface area contributed by atoms with Crippen molar-refractivity contribution < 1.29 is 14.4 Å². The van der Waals surface area contributed by atoms with Gasteiger partial charge in [0, 0.05) is 0 Å². The van der Waals surface area contributed by atoms with Crippen molar-refractivity contribution in [1.82, 2.24) is 0 Å². The maximum Gasteiger partial charge on any atom is 0.266 e. The monoisotopic (exact) mass is 398 g/mol. The number of nitrogens with zero attached hydrogens (tertiary/aromatic N) is 2. The molecule has 0 aliphatic carbocycles. The first-order valence-electron chi connectivity index (χ1n) is 10.1. The second kappa shape index (κ2) is 7.11. The van der Waals surface area contributed by atoms with Crippen LogP contribution in [-0.4, -0.2) is 17.9 Å². The van der Waals surface area contributed by atoms with Crippen LogP contribution in [-0.2, 0) is 14.4 Å². The smallest absolute Gasteiger partial charge is 0.266 e. The number of benzene rings is 3. The van der Waals surface area contributed by atoms with Crippen LogP contribution in [0.25, 0.3) is 0 Å². The van der Waals surface area contributed by atoms with E-state index in [1.807, 2.05) is 92.7 Å². The SMILES string of the molecule is Cc1ccccc1[C@H]1[C@@H]2C(=O)N(c3ccccc3C)C(=O)[C@H]2ON1c1ccccc1. The molecule has 0 saturated carbocycles. The van der Waals surface area contributed by atoms with E-state index in [1.165, 1.54) is 4.90 Å². The first-order valence-corrected chi connectivity index (χ1v) is 10.1. The maximum absolute atomic E-state index is 13.6. The van der Waals surface area contributed by atoms with Crippen molar-refractivity contribution in [2.75, 3.05) is 9.96 Å². The fraction of sp³-hybridized carbons (Fsp3) is 0.200. The second-order valence-electron chi connectivity index (χ2n) is 7.81. The Labute approximate surface area is 175 Å². The standard InChI is InChI=1S/C25H22N2O3/c1-16-10-6-8-14-19(16)22-21-23(30-27(22)18-12-4-3-5-13-18)25(29)26(24(21)28)20-15-9-7-11-17(20)2/h3-15,21-23H,1-2H3/t21-,22-,23-/m0/s1. The third-order valence-electron chi connectivity index (χ3n) is 5.99. The first kappa shape index (κ1) is 18.6. The van der Waals surface area contributed by atoms with Gasteiger partial charge in [-0.2, -0.15) is 0 Å². The van der Waals surface area contributed by atoms with E-state index in [4.69, 9.17) is 4.84 Å². The van der Waals surface area contributed by atoms with Crippen molar-refractivity contribution >= 4 is 23.2 Å². The molecule has 0 aromatic heterocycles. The van der Waals surface area contributed by atoms with Crippen molar-refractivity contribution in [1.29, 1.82) is 0 Å². The fourth-order valence-electron chi connectivity index (χ4n) is 4.50. The molecule has 3 atom stereocenters. The number of rotatable bonds is 3. The Hall–Kier alpha value is -3.44. The van der Waals surface area contributed by atoms with E-state index in [2.05, 4.69) is 0 Å². The molecule has 3 aromatic carbocycles. The van der Waals surface area contributed by atoms with Crippen LogP contribution < -0.4 is 9.96 Å². The van der Waals surface area contributed by atoms with Gasteiger partial charge in [-0.15, -0.1) is 0 Å². The summed E-state index contributed by atoms with van der Waals surface area (Å²) in [6, 6.07) is 24.7. The van der Waals surface area contributed by atoms with Gasteiger partial charge in [0.25, 0.3) is 5.91 Å². The zero-order chi connectivity index (χ0) is 20.8. The molecular formula is C25H22N2O3. The van der Waals surface area contributed by atoms with Gasteiger partial charge in [-0.1, -0.05) is 60.7 Å². The number of hydrogen-bond acceptors (Lipinski definition) is 4. The van der Waals surface area contributed by atoms with Gasteiger partial charge in [0.1, 0.15) is 5.92 Å². The summed E-state index contributed by atoms with van der Waals surface area (Å²) in [6.07, 6.45) is -0.845.